The molecule has 1 amide bonds. The highest BCUT2D eigenvalue weighted by Crippen LogP contribution is 2.68. The summed E-state index contributed by atoms with van der Waals surface area (Å²) >= 11 is 0. The van der Waals surface area contributed by atoms with Crippen LogP contribution in [0.2, 0.25) is 0 Å². The van der Waals surface area contributed by atoms with E-state index in [1.165, 1.54) is 0 Å². The van der Waals surface area contributed by atoms with E-state index in [1.54, 1.807) is 0 Å². The van der Waals surface area contributed by atoms with Crippen LogP contribution in [0.1, 0.15) is 19.8 Å². The second-order valence-electron chi connectivity index (χ2n) is 8.06. The van der Waals surface area contributed by atoms with Crippen molar-refractivity contribution in [1.29, 1.82) is 0 Å². The molecule has 2 bridgehead atoms. The first kappa shape index (κ1) is 14.3. The van der Waals surface area contributed by atoms with Gasteiger partial charge in [-0.25, -0.2) is 0 Å². The van der Waals surface area contributed by atoms with Crippen molar-refractivity contribution in [1.82, 2.24) is 0 Å². The number of aliphatic hydroxyl groups is 1. The lowest BCUT2D eigenvalue weighted by Gasteiger charge is -2.39. The van der Waals surface area contributed by atoms with Crippen LogP contribution >= 0.6 is 0 Å². The SMILES string of the molecule is CC[C@]12O[C@@H]3[C@H](O)[C@H]4C[C@H]3[C@@H]1[C@@H]4C(=O)N2c1cccc2ccccc12. The fourth-order valence-corrected chi connectivity index (χ4v) is 6.49. The molecule has 1 N–H and O–H groups in total. The third-order valence-electron chi connectivity index (χ3n) is 7.31. The highest BCUT2D eigenvalue weighted by atomic mass is 16.6. The monoisotopic (exact) mass is 335 g/mol. The minimum Gasteiger partial charge on any atom is -0.390 e. The molecule has 7 atom stereocenters. The highest BCUT2D eigenvalue weighted by Gasteiger charge is 2.78. The normalized spacial score (nSPS) is 43.6. The number of carbonyl (C=O) groups excluding carboxylic acids is 1. The van der Waals surface area contributed by atoms with Gasteiger partial charge in [-0.15, -0.1) is 0 Å². The summed E-state index contributed by atoms with van der Waals surface area (Å²) in [7, 11) is 0. The standard InChI is InChI=1S/C21H21NO3/c1-2-21-17-14-10-13(18(23)19(14)25-21)16(17)20(24)22(21)15-9-5-7-11-6-3-4-8-12(11)15/h3-9,13-14,16-19,23H,2,10H2,1H3/t13-,14-,16+,17+,18+,19-,21-/m0/s1. The predicted octanol–water partition coefficient (Wildman–Crippen LogP) is 2.93. The van der Waals surface area contributed by atoms with Crippen molar-refractivity contribution in [3.05, 3.63) is 42.5 Å². The van der Waals surface area contributed by atoms with Crippen LogP contribution in [-0.4, -0.2) is 28.9 Å². The van der Waals surface area contributed by atoms with Gasteiger partial charge in [-0.3, -0.25) is 9.69 Å². The molecule has 6 rings (SSSR count). The summed E-state index contributed by atoms with van der Waals surface area (Å²) in [6.45, 7) is 2.11. The first-order valence-corrected chi connectivity index (χ1v) is 9.35. The summed E-state index contributed by atoms with van der Waals surface area (Å²) in [4.78, 5) is 15.5. The van der Waals surface area contributed by atoms with E-state index >= 15 is 0 Å². The number of aliphatic hydroxyl groups excluding tert-OH is 1. The molecule has 0 spiro atoms. The van der Waals surface area contributed by atoms with Crippen molar-refractivity contribution in [2.45, 2.75) is 37.7 Å². The number of ether oxygens (including phenoxy) is 1. The van der Waals surface area contributed by atoms with Gasteiger partial charge in [-0.05, 0) is 36.1 Å². The van der Waals surface area contributed by atoms with Crippen molar-refractivity contribution >= 4 is 22.4 Å². The number of hydrogen-bond acceptors (Lipinski definition) is 3. The molecule has 25 heavy (non-hydrogen) atoms. The smallest absolute Gasteiger partial charge is 0.233 e. The van der Waals surface area contributed by atoms with E-state index in [-0.39, 0.29) is 29.8 Å². The van der Waals surface area contributed by atoms with Crippen molar-refractivity contribution in [3.63, 3.8) is 0 Å². The summed E-state index contributed by atoms with van der Waals surface area (Å²) in [6.07, 6.45) is 1.13. The number of rotatable bonds is 2. The molecule has 4 heteroatoms. The molecular weight excluding hydrogens is 314 g/mol. The molecule has 4 nitrogen and oxygen atoms in total. The quantitative estimate of drug-likeness (QED) is 0.918. The fraction of sp³-hybridized carbons (Fsp3) is 0.476. The number of benzene rings is 2. The Bertz CT molecular complexity index is 906. The first-order valence-electron chi connectivity index (χ1n) is 9.35. The maximum absolute atomic E-state index is 13.5. The average molecular weight is 335 g/mol. The molecule has 2 saturated carbocycles. The lowest BCUT2D eigenvalue weighted by Crippen LogP contribution is -2.51. The van der Waals surface area contributed by atoms with Crippen LogP contribution in [0.25, 0.3) is 10.8 Å². The molecule has 128 valence electrons. The van der Waals surface area contributed by atoms with Gasteiger partial charge < -0.3 is 9.84 Å². The molecule has 2 heterocycles. The van der Waals surface area contributed by atoms with E-state index in [0.29, 0.717) is 5.92 Å². The molecule has 0 unspecified atom stereocenters. The van der Waals surface area contributed by atoms with Crippen LogP contribution in [0, 0.1) is 23.7 Å². The van der Waals surface area contributed by atoms with Crippen LogP contribution in [-0.2, 0) is 9.53 Å². The Morgan fingerprint density at radius 2 is 2.00 bits per heavy atom. The number of fused-ring (bicyclic) bond motifs is 3. The Hall–Kier alpha value is -1.91. The van der Waals surface area contributed by atoms with Gasteiger partial charge in [0.25, 0.3) is 0 Å². The number of nitrogens with zero attached hydrogens (tertiary/aromatic N) is 1. The first-order chi connectivity index (χ1) is 12.2. The lowest BCUT2D eigenvalue weighted by atomic mass is 9.76. The number of anilines is 1. The zero-order chi connectivity index (χ0) is 16.9. The number of amides is 1. The molecule has 2 aromatic carbocycles. The molecule has 0 radical (unpaired) electrons. The van der Waals surface area contributed by atoms with Crippen molar-refractivity contribution < 1.29 is 14.6 Å². The Morgan fingerprint density at radius 3 is 2.84 bits per heavy atom. The molecule has 2 aliphatic carbocycles. The molecule has 2 saturated heterocycles. The summed E-state index contributed by atoms with van der Waals surface area (Å²) in [5.74, 6) is 0.683. The van der Waals surface area contributed by atoms with E-state index in [9.17, 15) is 9.90 Å². The Morgan fingerprint density at radius 1 is 1.20 bits per heavy atom. The molecule has 4 aliphatic rings. The van der Waals surface area contributed by atoms with Gasteiger partial charge in [0.05, 0.1) is 23.8 Å². The fourth-order valence-electron chi connectivity index (χ4n) is 6.49. The average Bonchev–Trinajstić information content (AvgIpc) is 3.30. The second-order valence-corrected chi connectivity index (χ2v) is 8.06. The van der Waals surface area contributed by atoms with E-state index in [0.717, 1.165) is 29.3 Å². The number of hydrogen-bond donors (Lipinski definition) is 1. The van der Waals surface area contributed by atoms with Crippen LogP contribution < -0.4 is 4.90 Å². The third-order valence-corrected chi connectivity index (χ3v) is 7.31. The van der Waals surface area contributed by atoms with Crippen LogP contribution in [0.3, 0.4) is 0 Å². The van der Waals surface area contributed by atoms with Crippen LogP contribution in [0.15, 0.2) is 42.5 Å². The van der Waals surface area contributed by atoms with E-state index in [4.69, 9.17) is 4.74 Å². The van der Waals surface area contributed by atoms with Gasteiger partial charge >= 0.3 is 0 Å². The minimum absolute atomic E-state index is 0.0703. The van der Waals surface area contributed by atoms with Gasteiger partial charge in [-0.1, -0.05) is 43.3 Å². The Kier molecular flexibility index (Phi) is 2.53. The Labute approximate surface area is 146 Å². The highest BCUT2D eigenvalue weighted by molar-refractivity contribution is 6.07. The van der Waals surface area contributed by atoms with Gasteiger partial charge in [0.15, 0.2) is 5.72 Å². The van der Waals surface area contributed by atoms with Gasteiger partial charge in [0, 0.05) is 11.3 Å². The van der Waals surface area contributed by atoms with E-state index in [2.05, 4.69) is 25.1 Å². The Balaban J connectivity index is 1.59. The zero-order valence-electron chi connectivity index (χ0n) is 14.1. The maximum atomic E-state index is 13.5. The summed E-state index contributed by atoms with van der Waals surface area (Å²) in [5, 5.41) is 12.8. The summed E-state index contributed by atoms with van der Waals surface area (Å²) in [6, 6.07) is 14.3. The maximum Gasteiger partial charge on any atom is 0.233 e. The molecule has 4 fully saturated rings. The van der Waals surface area contributed by atoms with Gasteiger partial charge in [0.2, 0.25) is 5.91 Å². The van der Waals surface area contributed by atoms with Crippen molar-refractivity contribution in [2.24, 2.45) is 23.7 Å². The van der Waals surface area contributed by atoms with Crippen molar-refractivity contribution in [2.75, 3.05) is 4.90 Å². The van der Waals surface area contributed by atoms with Crippen LogP contribution in [0.5, 0.6) is 0 Å². The third kappa shape index (κ3) is 1.43. The minimum atomic E-state index is -0.590. The summed E-state index contributed by atoms with van der Waals surface area (Å²) < 4.78 is 6.52. The molecular formula is C21H21NO3. The largest absolute Gasteiger partial charge is 0.390 e. The number of carbonyl (C=O) groups is 1. The van der Waals surface area contributed by atoms with Gasteiger partial charge in [0.1, 0.15) is 0 Å². The van der Waals surface area contributed by atoms with E-state index in [1.807, 2.05) is 29.2 Å². The van der Waals surface area contributed by atoms with Crippen molar-refractivity contribution in [3.8, 4) is 0 Å². The van der Waals surface area contributed by atoms with Crippen LogP contribution in [0.4, 0.5) is 5.69 Å². The summed E-state index contributed by atoms with van der Waals surface area (Å²) in [5.41, 5.74) is 0.363. The predicted molar refractivity (Wildman–Crippen MR) is 93.9 cm³/mol. The lowest BCUT2D eigenvalue weighted by molar-refractivity contribution is -0.132. The second kappa shape index (κ2) is 4.43. The molecule has 2 aromatic rings. The van der Waals surface area contributed by atoms with E-state index < -0.39 is 11.8 Å². The van der Waals surface area contributed by atoms with Gasteiger partial charge in [-0.2, -0.15) is 0 Å². The zero-order valence-corrected chi connectivity index (χ0v) is 14.1. The molecule has 2 aliphatic heterocycles. The molecule has 0 aromatic heterocycles. The topological polar surface area (TPSA) is 49.8 Å².